The summed E-state index contributed by atoms with van der Waals surface area (Å²) in [6.45, 7) is 4.38. The summed E-state index contributed by atoms with van der Waals surface area (Å²) >= 11 is 0. The van der Waals surface area contributed by atoms with Crippen molar-refractivity contribution < 1.29 is 29.1 Å². The molecule has 2 aromatic rings. The van der Waals surface area contributed by atoms with E-state index in [1.54, 1.807) is 26.0 Å². The van der Waals surface area contributed by atoms with Gasteiger partial charge in [-0.05, 0) is 45.2 Å². The normalized spacial score (nSPS) is 19.9. The Balaban J connectivity index is 1.73. The molecule has 1 aliphatic heterocycles. The zero-order chi connectivity index (χ0) is 32.9. The number of likely N-dealkylation sites (tertiary alicyclic amines) is 1. The first kappa shape index (κ1) is 33.1. The van der Waals surface area contributed by atoms with Crippen LogP contribution >= 0.6 is 0 Å². The van der Waals surface area contributed by atoms with Crippen molar-refractivity contribution >= 4 is 35.1 Å². The van der Waals surface area contributed by atoms with Crippen molar-refractivity contribution in [2.24, 2.45) is 16.6 Å². The van der Waals surface area contributed by atoms with Gasteiger partial charge in [-0.15, -0.1) is 5.10 Å². The van der Waals surface area contributed by atoms with Crippen molar-refractivity contribution in [3.8, 4) is 6.07 Å². The molecule has 45 heavy (non-hydrogen) atoms. The number of benzene rings is 1. The molecule has 0 radical (unpaired) electrons. The molecule has 4 amide bonds. The fourth-order valence-corrected chi connectivity index (χ4v) is 5.97. The zero-order valence-electron chi connectivity index (χ0n) is 25.6. The molecule has 1 aromatic heterocycles. The quantitative estimate of drug-likeness (QED) is 0.258. The number of primary amides is 1. The first-order valence-corrected chi connectivity index (χ1v) is 15.0. The summed E-state index contributed by atoms with van der Waals surface area (Å²) in [5, 5.41) is 30.8. The highest BCUT2D eigenvalue weighted by atomic mass is 16.3. The lowest BCUT2D eigenvalue weighted by Crippen LogP contribution is -2.52. The van der Waals surface area contributed by atoms with E-state index in [9.17, 15) is 34.3 Å². The van der Waals surface area contributed by atoms with Gasteiger partial charge in [0.1, 0.15) is 17.4 Å². The molecule has 1 saturated heterocycles. The summed E-state index contributed by atoms with van der Waals surface area (Å²) in [6, 6.07) is 5.15. The lowest BCUT2D eigenvalue weighted by molar-refractivity contribution is -0.139. The van der Waals surface area contributed by atoms with E-state index in [1.807, 2.05) is 6.07 Å². The summed E-state index contributed by atoms with van der Waals surface area (Å²) in [5.74, 6) is -4.23. The number of nitrogens with zero attached hydrogens (tertiary/aromatic N) is 6. The highest BCUT2D eigenvalue weighted by Crippen LogP contribution is 2.33. The Bertz CT molecular complexity index is 1550. The maximum atomic E-state index is 14.3. The molecule has 1 unspecified atom stereocenters. The molecule has 2 heterocycles. The van der Waals surface area contributed by atoms with E-state index in [2.05, 4.69) is 20.6 Å². The van der Waals surface area contributed by atoms with E-state index in [1.165, 1.54) is 34.8 Å². The highest BCUT2D eigenvalue weighted by Gasteiger charge is 2.44. The zero-order valence-corrected chi connectivity index (χ0v) is 25.6. The van der Waals surface area contributed by atoms with E-state index in [4.69, 9.17) is 5.73 Å². The second-order valence-corrected chi connectivity index (χ2v) is 12.2. The van der Waals surface area contributed by atoms with Crippen LogP contribution in [0.15, 0.2) is 35.5 Å². The number of ketones is 1. The molecule has 0 spiro atoms. The van der Waals surface area contributed by atoms with Crippen molar-refractivity contribution in [1.82, 2.24) is 25.2 Å². The van der Waals surface area contributed by atoms with Gasteiger partial charge >= 0.3 is 0 Å². The Hall–Kier alpha value is -4.77. The van der Waals surface area contributed by atoms with E-state index in [0.29, 0.717) is 5.69 Å². The van der Waals surface area contributed by atoms with Crippen LogP contribution in [0.25, 0.3) is 0 Å². The number of carbonyl (C=O) groups is 5. The van der Waals surface area contributed by atoms with Gasteiger partial charge in [0.05, 0.1) is 41.2 Å². The number of hydrogen-bond acceptors (Lipinski definition) is 9. The van der Waals surface area contributed by atoms with Crippen LogP contribution in [0.4, 0.5) is 0 Å². The van der Waals surface area contributed by atoms with Gasteiger partial charge in [0.2, 0.25) is 11.7 Å². The number of aliphatic hydroxyl groups is 1. The Kier molecular flexibility index (Phi) is 10.2. The minimum Gasteiger partial charge on any atom is -0.384 e. The first-order chi connectivity index (χ1) is 21.3. The van der Waals surface area contributed by atoms with Crippen LogP contribution in [0.2, 0.25) is 0 Å². The Morgan fingerprint density at radius 2 is 1.87 bits per heavy atom. The molecule has 2 aliphatic rings. The Labute approximate surface area is 260 Å². The molecular weight excluding hydrogens is 580 g/mol. The van der Waals surface area contributed by atoms with Crippen LogP contribution in [0, 0.1) is 17.2 Å². The van der Waals surface area contributed by atoms with Crippen molar-refractivity contribution in [3.63, 3.8) is 0 Å². The minimum absolute atomic E-state index is 0.0312. The number of nitriles is 1. The molecule has 14 nitrogen and oxygen atoms in total. The second-order valence-electron chi connectivity index (χ2n) is 12.2. The topological polar surface area (TPSA) is 214 Å². The Morgan fingerprint density at radius 3 is 2.51 bits per heavy atom. The van der Waals surface area contributed by atoms with Gasteiger partial charge in [-0.25, -0.2) is 9.67 Å². The van der Waals surface area contributed by atoms with E-state index in [0.717, 1.165) is 32.1 Å². The molecular formula is C31H38N8O6. The lowest BCUT2D eigenvalue weighted by Gasteiger charge is -2.27. The second kappa shape index (κ2) is 13.9. The number of amides is 4. The highest BCUT2D eigenvalue weighted by molar-refractivity contribution is 6.41. The number of hydrogen-bond donors (Lipinski definition) is 3. The van der Waals surface area contributed by atoms with Crippen LogP contribution in [-0.2, 0) is 24.8 Å². The van der Waals surface area contributed by atoms with E-state index in [-0.39, 0.29) is 42.1 Å². The summed E-state index contributed by atoms with van der Waals surface area (Å²) in [7, 11) is 0. The fraction of sp³-hybridized carbons (Fsp3) is 0.516. The third kappa shape index (κ3) is 7.66. The van der Waals surface area contributed by atoms with Crippen LogP contribution in [0.5, 0.6) is 0 Å². The van der Waals surface area contributed by atoms with E-state index < -0.39 is 53.1 Å². The molecule has 2 fully saturated rings. The van der Waals surface area contributed by atoms with Gasteiger partial charge in [0, 0.05) is 13.0 Å². The predicted molar refractivity (Wildman–Crippen MR) is 160 cm³/mol. The first-order valence-electron chi connectivity index (χ1n) is 15.0. The molecule has 238 valence electrons. The molecule has 4 rings (SSSR count). The van der Waals surface area contributed by atoms with Gasteiger partial charge < -0.3 is 21.1 Å². The molecule has 4 N–H and O–H groups in total. The number of carbonyl (C=O) groups excluding carboxylic acids is 5. The third-order valence-corrected chi connectivity index (χ3v) is 8.35. The average Bonchev–Trinajstić information content (AvgIpc) is 3.68. The van der Waals surface area contributed by atoms with Crippen LogP contribution < -0.4 is 11.1 Å². The van der Waals surface area contributed by atoms with Gasteiger partial charge in [-0.1, -0.05) is 49.5 Å². The van der Waals surface area contributed by atoms with Crippen LogP contribution in [0.3, 0.4) is 0 Å². The number of nitrogens with two attached hydrogens (primary N) is 1. The molecule has 1 aromatic carbocycles. The third-order valence-electron chi connectivity index (χ3n) is 8.35. The maximum Gasteiger partial charge on any atom is 0.287 e. The lowest BCUT2D eigenvalue weighted by atomic mass is 9.85. The molecule has 1 aliphatic carbocycles. The van der Waals surface area contributed by atoms with Crippen LogP contribution in [-0.4, -0.2) is 78.8 Å². The number of aromatic nitrogens is 3. The maximum absolute atomic E-state index is 14.3. The predicted octanol–water partition coefficient (Wildman–Crippen LogP) is 1.33. The van der Waals surface area contributed by atoms with Gasteiger partial charge in [0.15, 0.2) is 0 Å². The summed E-state index contributed by atoms with van der Waals surface area (Å²) in [6.07, 6.45) is 6.36. The summed E-state index contributed by atoms with van der Waals surface area (Å²) < 4.78 is 1.46. The summed E-state index contributed by atoms with van der Waals surface area (Å²) in [5.41, 5.74) is 4.27. The van der Waals surface area contributed by atoms with Crippen molar-refractivity contribution in [2.75, 3.05) is 6.54 Å². The largest absolute Gasteiger partial charge is 0.384 e. The van der Waals surface area contributed by atoms with Crippen molar-refractivity contribution in [1.29, 1.82) is 5.26 Å². The van der Waals surface area contributed by atoms with Gasteiger partial charge in [-0.2, -0.15) is 5.26 Å². The standard InChI is InChI=1S/C31H38N8O6/c1-18(26(40)27(33)41)35-29(43)24-14-21(39-25(16-34-37-39)31(2,3)45)17-38(24)30(44)23(13-19-9-5-4-6-10-19)36-28(42)22-12-8-7-11-20(22)15-32/h7-8,11-12,16,18-19,21,24,45H,4-6,9-10,13-14,17H2,1-3H3,(H2,33,41)(H,35,43)/b36-23+/t18?,21-,24-/m0/s1. The Morgan fingerprint density at radius 1 is 1.18 bits per heavy atom. The van der Waals surface area contributed by atoms with E-state index >= 15 is 0 Å². The number of aliphatic imine (C=N–C) groups is 1. The number of Topliss-reactive ketones (excluding diaryl/α,β-unsaturated/α-hetero) is 1. The summed E-state index contributed by atoms with van der Waals surface area (Å²) in [4.78, 5) is 70.4. The van der Waals surface area contributed by atoms with Gasteiger partial charge in [-0.3, -0.25) is 24.0 Å². The van der Waals surface area contributed by atoms with Gasteiger partial charge in [0.25, 0.3) is 17.7 Å². The number of nitrogens with one attached hydrogen (secondary N) is 1. The monoisotopic (exact) mass is 618 g/mol. The molecule has 0 bridgehead atoms. The average molecular weight is 619 g/mol. The molecule has 14 heteroatoms. The smallest absolute Gasteiger partial charge is 0.287 e. The fourth-order valence-electron chi connectivity index (χ4n) is 5.97. The minimum atomic E-state index is -1.34. The molecule has 1 saturated carbocycles. The van der Waals surface area contributed by atoms with Crippen molar-refractivity contribution in [3.05, 3.63) is 47.3 Å². The number of rotatable bonds is 10. The van der Waals surface area contributed by atoms with Crippen LogP contribution in [0.1, 0.15) is 93.4 Å². The molecule has 3 atom stereocenters. The SMILES string of the molecule is CC(NC(=O)[C@@H]1C[C@H](n2nncc2C(C)(C)O)CN1C(=O)/C(CC1CCCCC1)=N/C(=O)c1ccccc1C#N)C(=O)C(N)=O. The van der Waals surface area contributed by atoms with Crippen molar-refractivity contribution in [2.45, 2.75) is 89.4 Å².